The van der Waals surface area contributed by atoms with Crippen LogP contribution in [0, 0.1) is 12.8 Å². The van der Waals surface area contributed by atoms with Gasteiger partial charge in [-0.15, -0.1) is 0 Å². The highest BCUT2D eigenvalue weighted by Gasteiger charge is 2.66. The Morgan fingerprint density at radius 3 is 2.50 bits per heavy atom. The maximum absolute atomic E-state index is 11.2. The first-order chi connectivity index (χ1) is 12.0. The third-order valence-corrected chi connectivity index (χ3v) is 5.39. The Bertz CT molecular complexity index is 730. The number of benzene rings is 1. The van der Waals surface area contributed by atoms with Crippen LogP contribution in [0.25, 0.3) is 0 Å². The van der Waals surface area contributed by atoms with Gasteiger partial charge >= 0.3 is 7.82 Å². The quantitative estimate of drug-likeness (QED) is 0.494. The van der Waals surface area contributed by atoms with Crippen molar-refractivity contribution in [3.05, 3.63) is 40.9 Å². The molecule has 0 aliphatic carbocycles. The Labute approximate surface area is 158 Å². The van der Waals surface area contributed by atoms with Crippen molar-refractivity contribution in [1.29, 1.82) is 0 Å². The average molecular weight is 407 g/mol. The molecule has 146 valence electrons. The van der Waals surface area contributed by atoms with Gasteiger partial charge in [-0.05, 0) is 38.3 Å². The Balaban J connectivity index is 2.48. The summed E-state index contributed by atoms with van der Waals surface area (Å²) in [5.74, 6) is -1.30. The molecule has 1 saturated heterocycles. The zero-order valence-corrected chi connectivity index (χ0v) is 16.8. The molecule has 1 aliphatic rings. The molecule has 0 radical (unpaired) electrons. The second-order valence-corrected chi connectivity index (χ2v) is 8.18. The summed E-state index contributed by atoms with van der Waals surface area (Å²) < 4.78 is 21.7. The number of phosphoric acid groups is 1. The van der Waals surface area contributed by atoms with Gasteiger partial charge in [-0.3, -0.25) is 9.79 Å². The summed E-state index contributed by atoms with van der Waals surface area (Å²) in [4.78, 5) is 29.1. The Morgan fingerprint density at radius 2 is 2.08 bits per heavy atom. The lowest BCUT2D eigenvalue weighted by Crippen LogP contribution is -2.67. The fraction of sp³-hybridized carbons (Fsp3) is 0.529. The first kappa shape index (κ1) is 21.4. The van der Waals surface area contributed by atoms with Crippen LogP contribution in [0.3, 0.4) is 0 Å². The maximum Gasteiger partial charge on any atom is 0.524 e. The lowest BCUT2D eigenvalue weighted by molar-refractivity contribution is -0.624. The second-order valence-electron chi connectivity index (χ2n) is 6.48. The van der Waals surface area contributed by atoms with Crippen molar-refractivity contribution < 1.29 is 33.4 Å². The van der Waals surface area contributed by atoms with Crippen LogP contribution in [0.5, 0.6) is 5.75 Å². The third-order valence-electron chi connectivity index (χ3n) is 4.80. The van der Waals surface area contributed by atoms with Crippen LogP contribution >= 0.6 is 19.4 Å². The molecule has 3 atom stereocenters. The van der Waals surface area contributed by atoms with Crippen LogP contribution in [0.2, 0.25) is 0 Å². The lowest BCUT2D eigenvalue weighted by atomic mass is 9.74. The topological polar surface area (TPSA) is 94.5 Å². The normalized spacial score (nSPS) is 26.9. The molecule has 0 spiro atoms. The molecule has 0 bridgehead atoms. The maximum atomic E-state index is 11.2. The van der Waals surface area contributed by atoms with E-state index in [0.717, 1.165) is 6.42 Å². The summed E-state index contributed by atoms with van der Waals surface area (Å²) in [6, 6.07) is 4.90. The summed E-state index contributed by atoms with van der Waals surface area (Å²) in [6.45, 7) is 9.27. The first-order valence-corrected chi connectivity index (χ1v) is 10.0. The number of rotatable bonds is 8. The highest BCUT2D eigenvalue weighted by atomic mass is 35.5. The SMILES string of the molecule is C=C(Cl)CC(CC)C1(C)OOC1(OC)c1ccc(C)c(OP(=O)(O)O)c1. The monoisotopic (exact) mass is 406 g/mol. The zero-order chi connectivity index (χ0) is 19.8. The van der Waals surface area contributed by atoms with Crippen molar-refractivity contribution in [3.8, 4) is 5.75 Å². The van der Waals surface area contributed by atoms with Crippen molar-refractivity contribution in [2.75, 3.05) is 7.11 Å². The van der Waals surface area contributed by atoms with E-state index >= 15 is 0 Å². The largest absolute Gasteiger partial charge is 0.524 e. The van der Waals surface area contributed by atoms with Gasteiger partial charge < -0.3 is 9.26 Å². The van der Waals surface area contributed by atoms with Crippen molar-refractivity contribution in [2.24, 2.45) is 5.92 Å². The second kappa shape index (κ2) is 7.60. The predicted molar refractivity (Wildman–Crippen MR) is 96.5 cm³/mol. The number of ether oxygens (including phenoxy) is 1. The molecule has 1 aromatic rings. The van der Waals surface area contributed by atoms with Crippen LogP contribution in [-0.2, 0) is 24.9 Å². The van der Waals surface area contributed by atoms with Gasteiger partial charge in [0.15, 0.2) is 5.60 Å². The fourth-order valence-corrected chi connectivity index (χ4v) is 3.94. The fourth-order valence-electron chi connectivity index (χ4n) is 3.30. The number of methoxy groups -OCH3 is 1. The molecule has 0 aromatic heterocycles. The van der Waals surface area contributed by atoms with Gasteiger partial charge in [0.1, 0.15) is 5.75 Å². The lowest BCUT2D eigenvalue weighted by Gasteiger charge is -2.56. The minimum Gasteiger partial charge on any atom is -0.404 e. The number of allylic oxidation sites excluding steroid dienone is 1. The standard InChI is InChI=1S/C17H24ClO7P/c1-6-13(9-12(3)18)16(4)17(22-5,25-24-16)14-8-7-11(2)15(10-14)23-26(19,20)21/h7-8,10,13H,3,6,9H2,1-2,4-5H3,(H2,19,20,21). The van der Waals surface area contributed by atoms with Crippen molar-refractivity contribution in [2.45, 2.75) is 45.0 Å². The van der Waals surface area contributed by atoms with Crippen molar-refractivity contribution in [1.82, 2.24) is 0 Å². The highest BCUT2D eigenvalue weighted by molar-refractivity contribution is 7.46. The Kier molecular flexibility index (Phi) is 6.25. The number of hydrogen-bond acceptors (Lipinski definition) is 5. The predicted octanol–water partition coefficient (Wildman–Crippen LogP) is 4.16. The van der Waals surface area contributed by atoms with Gasteiger partial charge in [0, 0.05) is 23.6 Å². The van der Waals surface area contributed by atoms with Gasteiger partial charge in [0.2, 0.25) is 0 Å². The average Bonchev–Trinajstić information content (AvgIpc) is 2.53. The molecule has 9 heteroatoms. The molecule has 0 amide bonds. The molecule has 1 fully saturated rings. The Hall–Kier alpha value is -0.920. The van der Waals surface area contributed by atoms with E-state index in [1.54, 1.807) is 19.1 Å². The van der Waals surface area contributed by atoms with Gasteiger partial charge in [0.25, 0.3) is 5.79 Å². The number of aryl methyl sites for hydroxylation is 1. The Morgan fingerprint density at radius 1 is 1.42 bits per heavy atom. The van der Waals surface area contributed by atoms with Gasteiger partial charge in [-0.25, -0.2) is 9.45 Å². The van der Waals surface area contributed by atoms with Crippen LogP contribution < -0.4 is 4.52 Å². The molecule has 26 heavy (non-hydrogen) atoms. The first-order valence-electron chi connectivity index (χ1n) is 8.10. The number of phosphoric ester groups is 1. The molecule has 1 aliphatic heterocycles. The van der Waals surface area contributed by atoms with Crippen LogP contribution in [0.1, 0.15) is 37.8 Å². The van der Waals surface area contributed by atoms with Crippen LogP contribution in [0.4, 0.5) is 0 Å². The molecule has 0 saturated carbocycles. The molecule has 1 aromatic carbocycles. The van der Waals surface area contributed by atoms with E-state index in [0.29, 0.717) is 22.6 Å². The summed E-state index contributed by atoms with van der Waals surface area (Å²) in [5, 5.41) is 0.494. The molecule has 2 N–H and O–H groups in total. The minimum absolute atomic E-state index is 0.0416. The van der Waals surface area contributed by atoms with Crippen molar-refractivity contribution in [3.63, 3.8) is 0 Å². The summed E-state index contributed by atoms with van der Waals surface area (Å²) >= 11 is 6.00. The molecule has 7 nitrogen and oxygen atoms in total. The zero-order valence-electron chi connectivity index (χ0n) is 15.2. The molecule has 3 unspecified atom stereocenters. The number of hydrogen-bond donors (Lipinski definition) is 2. The highest BCUT2D eigenvalue weighted by Crippen LogP contribution is 2.55. The van der Waals surface area contributed by atoms with Gasteiger partial charge in [-0.2, -0.15) is 4.89 Å². The van der Waals surface area contributed by atoms with E-state index < -0.39 is 19.2 Å². The van der Waals surface area contributed by atoms with Gasteiger partial charge in [0.05, 0.1) is 0 Å². The summed E-state index contributed by atoms with van der Waals surface area (Å²) in [6.07, 6.45) is 1.23. The minimum atomic E-state index is -4.70. The molecular formula is C17H24ClO7P. The van der Waals surface area contributed by atoms with E-state index in [9.17, 15) is 4.57 Å². The molecular weight excluding hydrogens is 383 g/mol. The molecule has 2 rings (SSSR count). The summed E-state index contributed by atoms with van der Waals surface area (Å²) in [7, 11) is -3.22. The van der Waals surface area contributed by atoms with E-state index in [1.165, 1.54) is 13.2 Å². The van der Waals surface area contributed by atoms with Crippen molar-refractivity contribution >= 4 is 19.4 Å². The van der Waals surface area contributed by atoms with Crippen LogP contribution in [0.15, 0.2) is 29.8 Å². The third kappa shape index (κ3) is 3.85. The van der Waals surface area contributed by atoms with E-state index in [4.69, 9.17) is 40.4 Å². The molecule has 1 heterocycles. The van der Waals surface area contributed by atoms with E-state index in [1.807, 2.05) is 13.8 Å². The van der Waals surface area contributed by atoms with Crippen LogP contribution in [-0.4, -0.2) is 22.5 Å². The smallest absolute Gasteiger partial charge is 0.404 e. The van der Waals surface area contributed by atoms with E-state index in [-0.39, 0.29) is 11.7 Å². The number of halogens is 1. The van der Waals surface area contributed by atoms with E-state index in [2.05, 4.69) is 6.58 Å². The summed E-state index contributed by atoms with van der Waals surface area (Å²) in [5.41, 5.74) is 0.191. The van der Waals surface area contributed by atoms with Gasteiger partial charge in [-0.1, -0.05) is 37.2 Å².